The molecule has 6 nitrogen and oxygen atoms in total. The Bertz CT molecular complexity index is 549. The minimum atomic E-state index is -0.570. The van der Waals surface area contributed by atoms with Crippen LogP contribution in [0, 0.1) is 15.9 Å². The van der Waals surface area contributed by atoms with E-state index in [9.17, 15) is 14.5 Å². The molecule has 1 atom stereocenters. The van der Waals surface area contributed by atoms with Gasteiger partial charge in [-0.1, -0.05) is 0 Å². The molecule has 0 unspecified atom stereocenters. The van der Waals surface area contributed by atoms with Gasteiger partial charge in [-0.05, 0) is 25.0 Å². The fraction of sp³-hybridized carbons (Fsp3) is 0.600. The monoisotopic (exact) mass is 309 g/mol. The summed E-state index contributed by atoms with van der Waals surface area (Å²) >= 11 is 0. The Balaban J connectivity index is 1.79. The number of nitro groups is 1. The standard InChI is InChI=1S/C15H20FN3O3/c16-12-3-4-14(15(10-12)19(20)21)18-5-1-2-13(18)11-17-6-8-22-9-7-17/h3-4,10,13H,1-2,5-9,11H2/t13-/m0/s1. The molecule has 0 amide bonds. The summed E-state index contributed by atoms with van der Waals surface area (Å²) in [6.45, 7) is 4.93. The zero-order valence-electron chi connectivity index (χ0n) is 12.4. The Morgan fingerprint density at radius 3 is 2.82 bits per heavy atom. The number of hydrogen-bond donors (Lipinski definition) is 0. The van der Waals surface area contributed by atoms with E-state index in [-0.39, 0.29) is 11.7 Å². The van der Waals surface area contributed by atoms with Crippen LogP contribution in [0.25, 0.3) is 0 Å². The van der Waals surface area contributed by atoms with Crippen molar-refractivity contribution in [1.29, 1.82) is 0 Å². The van der Waals surface area contributed by atoms with E-state index in [4.69, 9.17) is 4.74 Å². The van der Waals surface area contributed by atoms with Gasteiger partial charge in [-0.2, -0.15) is 0 Å². The maximum Gasteiger partial charge on any atom is 0.295 e. The van der Waals surface area contributed by atoms with Crippen molar-refractivity contribution in [3.63, 3.8) is 0 Å². The van der Waals surface area contributed by atoms with E-state index >= 15 is 0 Å². The van der Waals surface area contributed by atoms with Crippen LogP contribution in [0.15, 0.2) is 18.2 Å². The van der Waals surface area contributed by atoms with Crippen molar-refractivity contribution in [2.24, 2.45) is 0 Å². The lowest BCUT2D eigenvalue weighted by molar-refractivity contribution is -0.384. The average Bonchev–Trinajstić information content (AvgIpc) is 2.96. The van der Waals surface area contributed by atoms with Crippen molar-refractivity contribution in [1.82, 2.24) is 4.90 Å². The third-order valence-corrected chi connectivity index (χ3v) is 4.39. The molecule has 2 heterocycles. The molecule has 2 fully saturated rings. The van der Waals surface area contributed by atoms with Crippen molar-refractivity contribution in [3.05, 3.63) is 34.1 Å². The number of anilines is 1. The Hall–Kier alpha value is -1.73. The van der Waals surface area contributed by atoms with E-state index in [1.165, 1.54) is 12.1 Å². The molecule has 2 aliphatic heterocycles. The van der Waals surface area contributed by atoms with Crippen LogP contribution in [0.3, 0.4) is 0 Å². The first-order valence-corrected chi connectivity index (χ1v) is 7.66. The maximum atomic E-state index is 13.3. The number of nitrogens with zero attached hydrogens (tertiary/aromatic N) is 3. The molecule has 1 aromatic rings. The summed E-state index contributed by atoms with van der Waals surface area (Å²) in [7, 11) is 0. The second kappa shape index (κ2) is 6.58. The Labute approximate surface area is 128 Å². The Morgan fingerprint density at radius 1 is 1.32 bits per heavy atom. The predicted molar refractivity (Wildman–Crippen MR) is 80.7 cm³/mol. The van der Waals surface area contributed by atoms with Crippen LogP contribution in [0.1, 0.15) is 12.8 Å². The van der Waals surface area contributed by atoms with Crippen LogP contribution in [0.5, 0.6) is 0 Å². The first-order chi connectivity index (χ1) is 10.6. The third kappa shape index (κ3) is 3.20. The quantitative estimate of drug-likeness (QED) is 0.629. The lowest BCUT2D eigenvalue weighted by Crippen LogP contribution is -2.45. The minimum Gasteiger partial charge on any atom is -0.379 e. The summed E-state index contributed by atoms with van der Waals surface area (Å²) in [5, 5.41) is 11.2. The number of benzene rings is 1. The van der Waals surface area contributed by atoms with Crippen LogP contribution >= 0.6 is 0 Å². The van der Waals surface area contributed by atoms with E-state index in [0.29, 0.717) is 5.69 Å². The number of ether oxygens (including phenoxy) is 1. The molecule has 0 radical (unpaired) electrons. The van der Waals surface area contributed by atoms with E-state index in [1.54, 1.807) is 0 Å². The highest BCUT2D eigenvalue weighted by Gasteiger charge is 2.31. The molecule has 0 bridgehead atoms. The van der Waals surface area contributed by atoms with Gasteiger partial charge in [0.2, 0.25) is 0 Å². The number of hydrogen-bond acceptors (Lipinski definition) is 5. The summed E-state index contributed by atoms with van der Waals surface area (Å²) in [5.74, 6) is -0.570. The highest BCUT2D eigenvalue weighted by molar-refractivity contribution is 5.64. The molecule has 22 heavy (non-hydrogen) atoms. The summed E-state index contributed by atoms with van der Waals surface area (Å²) in [4.78, 5) is 15.1. The van der Waals surface area contributed by atoms with E-state index in [0.717, 1.165) is 58.3 Å². The fourth-order valence-corrected chi connectivity index (χ4v) is 3.31. The van der Waals surface area contributed by atoms with Gasteiger partial charge in [0, 0.05) is 32.2 Å². The van der Waals surface area contributed by atoms with Crippen LogP contribution < -0.4 is 4.90 Å². The molecule has 3 rings (SSSR count). The van der Waals surface area contributed by atoms with Crippen LogP contribution in [-0.4, -0.2) is 55.3 Å². The van der Waals surface area contributed by atoms with Crippen molar-refractivity contribution >= 4 is 11.4 Å². The molecular weight excluding hydrogens is 289 g/mol. The van der Waals surface area contributed by atoms with Crippen LogP contribution in [-0.2, 0) is 4.74 Å². The van der Waals surface area contributed by atoms with Gasteiger partial charge in [0.1, 0.15) is 11.5 Å². The summed E-state index contributed by atoms with van der Waals surface area (Å²) in [6.07, 6.45) is 2.01. The molecule has 7 heteroatoms. The topological polar surface area (TPSA) is 58.9 Å². The van der Waals surface area contributed by atoms with E-state index < -0.39 is 10.7 Å². The number of rotatable bonds is 4. The van der Waals surface area contributed by atoms with Gasteiger partial charge < -0.3 is 9.64 Å². The second-order valence-corrected chi connectivity index (χ2v) is 5.79. The predicted octanol–water partition coefficient (Wildman–Crippen LogP) is 2.03. The van der Waals surface area contributed by atoms with Crippen molar-refractivity contribution < 1.29 is 14.1 Å². The highest BCUT2D eigenvalue weighted by atomic mass is 19.1. The normalized spacial score (nSPS) is 23.0. The summed E-state index contributed by atoms with van der Waals surface area (Å²) < 4.78 is 18.7. The third-order valence-electron chi connectivity index (χ3n) is 4.39. The van der Waals surface area contributed by atoms with Gasteiger partial charge in [-0.15, -0.1) is 0 Å². The largest absolute Gasteiger partial charge is 0.379 e. The van der Waals surface area contributed by atoms with Crippen molar-refractivity contribution in [3.8, 4) is 0 Å². The van der Waals surface area contributed by atoms with E-state index in [1.807, 2.05) is 0 Å². The van der Waals surface area contributed by atoms with Crippen LogP contribution in [0.4, 0.5) is 15.8 Å². The molecule has 0 spiro atoms. The van der Waals surface area contributed by atoms with Crippen LogP contribution in [0.2, 0.25) is 0 Å². The lowest BCUT2D eigenvalue weighted by Gasteiger charge is -2.33. The Morgan fingerprint density at radius 2 is 2.09 bits per heavy atom. The lowest BCUT2D eigenvalue weighted by atomic mass is 10.1. The molecule has 0 saturated carbocycles. The van der Waals surface area contributed by atoms with Gasteiger partial charge >= 0.3 is 0 Å². The van der Waals surface area contributed by atoms with Crippen molar-refractivity contribution in [2.45, 2.75) is 18.9 Å². The zero-order chi connectivity index (χ0) is 15.5. The maximum absolute atomic E-state index is 13.3. The van der Waals surface area contributed by atoms with Gasteiger partial charge in [-0.25, -0.2) is 4.39 Å². The number of nitro benzene ring substituents is 1. The van der Waals surface area contributed by atoms with Crippen molar-refractivity contribution in [2.75, 3.05) is 44.3 Å². The summed E-state index contributed by atoms with van der Waals surface area (Å²) in [6, 6.07) is 4.08. The highest BCUT2D eigenvalue weighted by Crippen LogP contribution is 2.34. The zero-order valence-corrected chi connectivity index (χ0v) is 12.4. The smallest absolute Gasteiger partial charge is 0.295 e. The second-order valence-electron chi connectivity index (χ2n) is 5.79. The molecular formula is C15H20FN3O3. The van der Waals surface area contributed by atoms with Gasteiger partial charge in [0.15, 0.2) is 0 Å². The molecule has 0 aliphatic carbocycles. The Kier molecular flexibility index (Phi) is 4.54. The van der Waals surface area contributed by atoms with Gasteiger partial charge in [-0.3, -0.25) is 15.0 Å². The van der Waals surface area contributed by atoms with E-state index in [2.05, 4.69) is 9.80 Å². The minimum absolute atomic E-state index is 0.145. The molecule has 2 aliphatic rings. The van der Waals surface area contributed by atoms with Gasteiger partial charge in [0.25, 0.3) is 5.69 Å². The molecule has 0 aromatic heterocycles. The first kappa shape index (κ1) is 15.2. The number of morpholine rings is 1. The first-order valence-electron chi connectivity index (χ1n) is 7.66. The molecule has 2 saturated heterocycles. The number of halogens is 1. The average molecular weight is 309 g/mol. The molecule has 1 aromatic carbocycles. The SMILES string of the molecule is O=[N+]([O-])c1cc(F)ccc1N1CCC[C@H]1CN1CCOCC1. The molecule has 120 valence electrons. The van der Waals surface area contributed by atoms with Gasteiger partial charge in [0.05, 0.1) is 24.2 Å². The molecule has 0 N–H and O–H groups in total. The summed E-state index contributed by atoms with van der Waals surface area (Å²) in [5.41, 5.74) is 0.385. The fourth-order valence-electron chi connectivity index (χ4n) is 3.31.